The number of nitrogens with two attached hydrogens (primary N) is 1. The van der Waals surface area contributed by atoms with Gasteiger partial charge in [0.05, 0.1) is 24.1 Å². The summed E-state index contributed by atoms with van der Waals surface area (Å²) < 4.78 is 34.6. The highest BCUT2D eigenvalue weighted by Crippen LogP contribution is 2.41. The average Bonchev–Trinajstić information content (AvgIpc) is 3.10. The highest BCUT2D eigenvalue weighted by molar-refractivity contribution is 5.68. The second-order valence-electron chi connectivity index (χ2n) is 10.7. The Morgan fingerprint density at radius 1 is 1.30 bits per heavy atom. The van der Waals surface area contributed by atoms with Gasteiger partial charge in [0.1, 0.15) is 5.60 Å². The number of halogens is 2. The fourth-order valence-corrected chi connectivity index (χ4v) is 4.75. The summed E-state index contributed by atoms with van der Waals surface area (Å²) in [5.41, 5.74) is 7.89. The highest BCUT2D eigenvalue weighted by Gasteiger charge is 2.39. The zero-order chi connectivity index (χ0) is 23.8. The van der Waals surface area contributed by atoms with E-state index in [0.717, 1.165) is 12.0 Å². The van der Waals surface area contributed by atoms with Crippen LogP contribution in [0.2, 0.25) is 0 Å². The topological polar surface area (TPSA) is 94.5 Å². The molecule has 2 aromatic heterocycles. The Kier molecular flexibility index (Phi) is 6.62. The van der Waals surface area contributed by atoms with Crippen LogP contribution in [0, 0.1) is 11.8 Å². The number of carbonyl (C=O) groups excluding carboxylic acids is 1. The molecule has 33 heavy (non-hydrogen) atoms. The molecule has 7 nitrogen and oxygen atoms in total. The predicted molar refractivity (Wildman–Crippen MR) is 121 cm³/mol. The Hall–Kier alpha value is -2.29. The number of hydrogen-bond acceptors (Lipinski definition) is 5. The first-order chi connectivity index (χ1) is 15.5. The summed E-state index contributed by atoms with van der Waals surface area (Å²) in [7, 11) is 0. The summed E-state index contributed by atoms with van der Waals surface area (Å²) >= 11 is 0. The lowest BCUT2D eigenvalue weighted by Crippen LogP contribution is -2.40. The van der Waals surface area contributed by atoms with E-state index in [0.29, 0.717) is 30.1 Å². The van der Waals surface area contributed by atoms with Gasteiger partial charge in [-0.2, -0.15) is 5.10 Å². The smallest absolute Gasteiger partial charge is 0.408 e. The van der Waals surface area contributed by atoms with Crippen molar-refractivity contribution in [1.29, 1.82) is 0 Å². The minimum atomic E-state index is -2.65. The molecule has 4 rings (SSSR count). The van der Waals surface area contributed by atoms with Gasteiger partial charge in [-0.15, -0.1) is 0 Å². The molecule has 2 heterocycles. The third-order valence-corrected chi connectivity index (χ3v) is 6.82. The first kappa shape index (κ1) is 23.9. The number of carbonyl (C=O) groups is 1. The van der Waals surface area contributed by atoms with Crippen LogP contribution in [0.4, 0.5) is 13.6 Å². The molecule has 2 saturated carbocycles. The van der Waals surface area contributed by atoms with E-state index in [1.807, 2.05) is 6.07 Å². The van der Waals surface area contributed by atoms with Gasteiger partial charge in [0.15, 0.2) is 5.65 Å². The zero-order valence-corrected chi connectivity index (χ0v) is 19.7. The molecule has 1 unspecified atom stereocenters. The number of ether oxygens (including phenoxy) is 1. The number of amides is 1. The van der Waals surface area contributed by atoms with Crippen LogP contribution in [0.5, 0.6) is 0 Å². The first-order valence-corrected chi connectivity index (χ1v) is 12.0. The maximum atomic E-state index is 13.8. The van der Waals surface area contributed by atoms with Gasteiger partial charge in [0, 0.05) is 18.9 Å². The van der Waals surface area contributed by atoms with Gasteiger partial charge in [-0.25, -0.2) is 23.1 Å². The number of imidazole rings is 1. The normalized spacial score (nSPS) is 21.4. The monoisotopic (exact) mass is 463 g/mol. The number of rotatable bonds is 6. The van der Waals surface area contributed by atoms with E-state index in [-0.39, 0.29) is 24.8 Å². The molecule has 3 N–H and O–H groups in total. The molecule has 0 saturated heterocycles. The van der Waals surface area contributed by atoms with Crippen molar-refractivity contribution in [3.05, 3.63) is 29.7 Å². The number of aromatic nitrogens is 3. The van der Waals surface area contributed by atoms with Crippen molar-refractivity contribution in [2.45, 2.75) is 95.7 Å². The minimum Gasteiger partial charge on any atom is -0.444 e. The molecule has 182 valence electrons. The summed E-state index contributed by atoms with van der Waals surface area (Å²) in [5, 5.41) is 7.37. The van der Waals surface area contributed by atoms with Crippen LogP contribution in [0.3, 0.4) is 0 Å². The number of hydrogen-bond donors (Lipinski definition) is 2. The second kappa shape index (κ2) is 9.16. The van der Waals surface area contributed by atoms with E-state index < -0.39 is 23.7 Å². The lowest BCUT2D eigenvalue weighted by Gasteiger charge is -2.33. The summed E-state index contributed by atoms with van der Waals surface area (Å²) in [6.07, 6.45) is 7.81. The van der Waals surface area contributed by atoms with Crippen LogP contribution >= 0.6 is 0 Å². The van der Waals surface area contributed by atoms with Crippen molar-refractivity contribution in [2.24, 2.45) is 17.6 Å². The van der Waals surface area contributed by atoms with Gasteiger partial charge in [0.2, 0.25) is 5.92 Å². The van der Waals surface area contributed by atoms with E-state index in [9.17, 15) is 13.6 Å². The largest absolute Gasteiger partial charge is 0.444 e. The van der Waals surface area contributed by atoms with Crippen molar-refractivity contribution in [3.8, 4) is 0 Å². The Balaban J connectivity index is 1.56. The molecule has 0 radical (unpaired) electrons. The lowest BCUT2D eigenvalue weighted by atomic mass is 9.80. The van der Waals surface area contributed by atoms with Crippen LogP contribution in [0.15, 0.2) is 18.5 Å². The molecule has 9 heteroatoms. The summed E-state index contributed by atoms with van der Waals surface area (Å²) in [6.45, 7) is 5.35. The molecular formula is C24H35F2N5O2. The van der Waals surface area contributed by atoms with Crippen molar-refractivity contribution in [2.75, 3.05) is 0 Å². The van der Waals surface area contributed by atoms with E-state index in [1.165, 1.54) is 19.3 Å². The fraction of sp³-hybridized carbons (Fsp3) is 0.708. The van der Waals surface area contributed by atoms with E-state index in [2.05, 4.69) is 10.4 Å². The Morgan fingerprint density at radius 2 is 2.00 bits per heavy atom. The van der Waals surface area contributed by atoms with Crippen LogP contribution in [-0.4, -0.2) is 32.2 Å². The predicted octanol–water partition coefficient (Wildman–Crippen LogP) is 5.31. The molecule has 0 aromatic carbocycles. The van der Waals surface area contributed by atoms with Gasteiger partial charge in [-0.3, -0.25) is 0 Å². The number of nitrogens with one attached hydrogen (secondary N) is 1. The van der Waals surface area contributed by atoms with E-state index in [4.69, 9.17) is 15.5 Å². The van der Waals surface area contributed by atoms with Gasteiger partial charge in [-0.05, 0) is 63.5 Å². The van der Waals surface area contributed by atoms with E-state index >= 15 is 0 Å². The van der Waals surface area contributed by atoms with Crippen LogP contribution in [0.25, 0.3) is 5.65 Å². The fourth-order valence-electron chi connectivity index (χ4n) is 4.75. The molecule has 0 spiro atoms. The second-order valence-corrected chi connectivity index (χ2v) is 10.7. The van der Waals surface area contributed by atoms with Crippen LogP contribution in [-0.2, 0) is 4.74 Å². The Bertz CT molecular complexity index is 973. The maximum absolute atomic E-state index is 13.8. The zero-order valence-electron chi connectivity index (χ0n) is 19.7. The quantitative estimate of drug-likeness (QED) is 0.605. The van der Waals surface area contributed by atoms with Crippen LogP contribution < -0.4 is 11.1 Å². The molecule has 2 aliphatic carbocycles. The maximum Gasteiger partial charge on any atom is 0.408 e. The average molecular weight is 464 g/mol. The standard InChI is InChI=1S/C24H35F2N5O2/c1-23(2,3)33-22(32)30-21(16-7-9-24(25,26)10-8-16)19-14-31-20(29-19)12-17(13-28-31)18(27)11-15-5-4-6-15/h12-16,18,21H,4-11,27H2,1-3H3,(H,30,32)/t18?,21-/m0/s1. The van der Waals surface area contributed by atoms with Crippen LogP contribution in [0.1, 0.15) is 95.5 Å². The van der Waals surface area contributed by atoms with Crippen molar-refractivity contribution in [3.63, 3.8) is 0 Å². The SMILES string of the molecule is CC(C)(C)OC(=O)N[C@H](c1cn2ncc(C(N)CC3CCC3)cc2n1)C1CCC(F)(F)CC1. The lowest BCUT2D eigenvalue weighted by molar-refractivity contribution is -0.0500. The van der Waals surface area contributed by atoms with Crippen molar-refractivity contribution < 1.29 is 18.3 Å². The van der Waals surface area contributed by atoms with Gasteiger partial charge in [-0.1, -0.05) is 19.3 Å². The number of alkyl halides is 2. The van der Waals surface area contributed by atoms with Crippen molar-refractivity contribution in [1.82, 2.24) is 19.9 Å². The van der Waals surface area contributed by atoms with Gasteiger partial charge >= 0.3 is 6.09 Å². The first-order valence-electron chi connectivity index (χ1n) is 12.0. The Morgan fingerprint density at radius 3 is 2.61 bits per heavy atom. The molecule has 2 aliphatic rings. The van der Waals surface area contributed by atoms with Gasteiger partial charge in [0.25, 0.3) is 0 Å². The minimum absolute atomic E-state index is 0.0933. The summed E-state index contributed by atoms with van der Waals surface area (Å²) in [4.78, 5) is 17.3. The molecule has 0 bridgehead atoms. The molecule has 1 amide bonds. The summed E-state index contributed by atoms with van der Waals surface area (Å²) in [6, 6.07) is 1.30. The van der Waals surface area contributed by atoms with E-state index in [1.54, 1.807) is 37.7 Å². The molecule has 2 atom stereocenters. The number of nitrogens with zero attached hydrogens (tertiary/aromatic N) is 3. The number of alkyl carbamates (subject to hydrolysis) is 1. The third-order valence-electron chi connectivity index (χ3n) is 6.82. The number of fused-ring (bicyclic) bond motifs is 1. The van der Waals surface area contributed by atoms with Gasteiger partial charge < -0.3 is 15.8 Å². The summed E-state index contributed by atoms with van der Waals surface area (Å²) in [5.74, 6) is -2.14. The highest BCUT2D eigenvalue weighted by atomic mass is 19.3. The molecule has 0 aliphatic heterocycles. The van der Waals surface area contributed by atoms with Crippen molar-refractivity contribution >= 4 is 11.7 Å². The molecular weight excluding hydrogens is 428 g/mol. The molecule has 2 fully saturated rings. The third kappa shape index (κ3) is 5.99. The Labute approximate surface area is 193 Å². The molecule has 2 aromatic rings.